The molecule has 2 aromatic rings. The van der Waals surface area contributed by atoms with Crippen molar-refractivity contribution >= 4 is 28.5 Å². The van der Waals surface area contributed by atoms with Gasteiger partial charge >= 0.3 is 0 Å². The lowest BCUT2D eigenvalue weighted by Crippen LogP contribution is -2.19. The second-order valence-corrected chi connectivity index (χ2v) is 7.41. The summed E-state index contributed by atoms with van der Waals surface area (Å²) in [5, 5.41) is 1.11. The van der Waals surface area contributed by atoms with E-state index in [1.807, 2.05) is 6.07 Å². The maximum absolute atomic E-state index is 5.83. The summed E-state index contributed by atoms with van der Waals surface area (Å²) in [6, 6.07) is 10.5. The summed E-state index contributed by atoms with van der Waals surface area (Å²) in [5.41, 5.74) is 8.16. The normalized spacial score (nSPS) is 11.6. The standard InChI is InChI=1S/C16H20N2S2/c1-16(2,3)14-13(15(17)19)20-12(18-14)10-9-11-7-5-4-6-8-11/h4-8H,9-10H2,1-3H3,(H2,17,19). The lowest BCUT2D eigenvalue weighted by Gasteiger charge is -2.16. The number of rotatable bonds is 4. The molecule has 4 heteroatoms. The Hall–Kier alpha value is -1.26. The molecule has 0 aliphatic rings. The first-order valence-electron chi connectivity index (χ1n) is 6.72. The quantitative estimate of drug-likeness (QED) is 0.872. The molecule has 1 aromatic carbocycles. The minimum Gasteiger partial charge on any atom is -0.389 e. The Bertz CT molecular complexity index is 595. The van der Waals surface area contributed by atoms with E-state index < -0.39 is 0 Å². The van der Waals surface area contributed by atoms with Gasteiger partial charge < -0.3 is 5.73 Å². The van der Waals surface area contributed by atoms with Crippen LogP contribution in [0.3, 0.4) is 0 Å². The van der Waals surface area contributed by atoms with Gasteiger partial charge in [0.05, 0.1) is 15.6 Å². The van der Waals surface area contributed by atoms with Crippen LogP contribution in [0.2, 0.25) is 0 Å². The van der Waals surface area contributed by atoms with Crippen LogP contribution in [-0.4, -0.2) is 9.97 Å². The number of aromatic nitrogens is 1. The summed E-state index contributed by atoms with van der Waals surface area (Å²) in [6.45, 7) is 6.43. The summed E-state index contributed by atoms with van der Waals surface area (Å²) >= 11 is 6.79. The van der Waals surface area contributed by atoms with Gasteiger partial charge in [-0.3, -0.25) is 0 Å². The average molecular weight is 304 g/mol. The highest BCUT2D eigenvalue weighted by Gasteiger charge is 2.24. The van der Waals surface area contributed by atoms with E-state index >= 15 is 0 Å². The maximum atomic E-state index is 5.83. The molecule has 0 bridgehead atoms. The van der Waals surface area contributed by atoms with Gasteiger partial charge in [0.1, 0.15) is 4.99 Å². The SMILES string of the molecule is CC(C)(C)c1nc(CCc2ccccc2)sc1C(N)=S. The second kappa shape index (κ2) is 6.02. The van der Waals surface area contributed by atoms with Crippen molar-refractivity contribution in [1.29, 1.82) is 0 Å². The molecule has 0 unspecified atom stereocenters. The third-order valence-corrected chi connectivity index (χ3v) is 4.56. The maximum Gasteiger partial charge on any atom is 0.116 e. The monoisotopic (exact) mass is 304 g/mol. The molecule has 0 saturated carbocycles. The molecule has 0 aliphatic heterocycles. The Morgan fingerprint density at radius 3 is 2.35 bits per heavy atom. The highest BCUT2D eigenvalue weighted by Crippen LogP contribution is 2.30. The van der Waals surface area contributed by atoms with Crippen molar-refractivity contribution in [2.24, 2.45) is 5.73 Å². The lowest BCUT2D eigenvalue weighted by atomic mass is 9.91. The Balaban J connectivity index is 2.19. The first-order valence-corrected chi connectivity index (χ1v) is 7.94. The number of hydrogen-bond donors (Lipinski definition) is 1. The number of hydrogen-bond acceptors (Lipinski definition) is 3. The molecule has 0 radical (unpaired) electrons. The summed E-state index contributed by atoms with van der Waals surface area (Å²) in [5.74, 6) is 0. The van der Waals surface area contributed by atoms with E-state index in [2.05, 4.69) is 45.0 Å². The van der Waals surface area contributed by atoms with Gasteiger partial charge in [0.25, 0.3) is 0 Å². The second-order valence-electron chi connectivity index (χ2n) is 5.89. The molecular weight excluding hydrogens is 284 g/mol. The van der Waals surface area contributed by atoms with Gasteiger partial charge in [-0.1, -0.05) is 63.3 Å². The molecule has 0 aliphatic carbocycles. The predicted molar refractivity (Wildman–Crippen MR) is 90.6 cm³/mol. The summed E-state index contributed by atoms with van der Waals surface area (Å²) in [7, 11) is 0. The zero-order valence-corrected chi connectivity index (χ0v) is 13.8. The third kappa shape index (κ3) is 3.64. The van der Waals surface area contributed by atoms with Crippen molar-refractivity contribution in [2.75, 3.05) is 0 Å². The van der Waals surface area contributed by atoms with E-state index in [-0.39, 0.29) is 5.41 Å². The van der Waals surface area contributed by atoms with E-state index in [4.69, 9.17) is 22.9 Å². The Kier molecular flexibility index (Phi) is 4.55. The molecule has 2 nitrogen and oxygen atoms in total. The van der Waals surface area contributed by atoms with Crippen LogP contribution < -0.4 is 5.73 Å². The van der Waals surface area contributed by atoms with E-state index in [9.17, 15) is 0 Å². The minimum atomic E-state index is -0.0275. The fourth-order valence-electron chi connectivity index (χ4n) is 2.04. The Morgan fingerprint density at radius 1 is 1.20 bits per heavy atom. The fourth-order valence-corrected chi connectivity index (χ4v) is 3.39. The van der Waals surface area contributed by atoms with E-state index in [0.29, 0.717) is 4.99 Å². The largest absolute Gasteiger partial charge is 0.389 e. The number of aryl methyl sites for hydroxylation is 2. The molecular formula is C16H20N2S2. The highest BCUT2D eigenvalue weighted by atomic mass is 32.1. The molecule has 2 N–H and O–H groups in total. The number of nitrogens with zero attached hydrogens (tertiary/aromatic N) is 1. The number of benzene rings is 1. The fraction of sp³-hybridized carbons (Fsp3) is 0.375. The molecule has 20 heavy (non-hydrogen) atoms. The van der Waals surface area contributed by atoms with Gasteiger partial charge in [0.15, 0.2) is 0 Å². The van der Waals surface area contributed by atoms with E-state index in [0.717, 1.165) is 28.4 Å². The van der Waals surface area contributed by atoms with Gasteiger partial charge in [-0.05, 0) is 12.0 Å². The van der Waals surface area contributed by atoms with Gasteiger partial charge in [-0.15, -0.1) is 11.3 Å². The van der Waals surface area contributed by atoms with Crippen LogP contribution in [0.25, 0.3) is 0 Å². The summed E-state index contributed by atoms with van der Waals surface area (Å²) in [6.07, 6.45) is 1.93. The van der Waals surface area contributed by atoms with Crippen molar-refractivity contribution in [3.05, 3.63) is 51.5 Å². The molecule has 0 saturated heterocycles. The van der Waals surface area contributed by atoms with Crippen LogP contribution in [0.5, 0.6) is 0 Å². The third-order valence-electron chi connectivity index (χ3n) is 3.08. The molecule has 2 rings (SSSR count). The molecule has 0 atom stereocenters. The number of thiazole rings is 1. The van der Waals surface area contributed by atoms with Crippen LogP contribution in [0.15, 0.2) is 30.3 Å². The summed E-state index contributed by atoms with van der Waals surface area (Å²) in [4.78, 5) is 6.19. The molecule has 1 heterocycles. The zero-order valence-electron chi connectivity index (χ0n) is 12.1. The molecule has 0 spiro atoms. The van der Waals surface area contributed by atoms with Crippen molar-refractivity contribution in [2.45, 2.75) is 39.0 Å². The Morgan fingerprint density at radius 2 is 1.85 bits per heavy atom. The first kappa shape index (κ1) is 15.1. The zero-order chi connectivity index (χ0) is 14.8. The van der Waals surface area contributed by atoms with Crippen molar-refractivity contribution < 1.29 is 0 Å². The highest BCUT2D eigenvalue weighted by molar-refractivity contribution is 7.81. The van der Waals surface area contributed by atoms with Crippen LogP contribution in [-0.2, 0) is 18.3 Å². The van der Waals surface area contributed by atoms with E-state index in [1.165, 1.54) is 5.56 Å². The van der Waals surface area contributed by atoms with E-state index in [1.54, 1.807) is 11.3 Å². The van der Waals surface area contributed by atoms with Crippen molar-refractivity contribution in [1.82, 2.24) is 4.98 Å². The predicted octanol–water partition coefficient (Wildman–Crippen LogP) is 3.86. The van der Waals surface area contributed by atoms with Gasteiger partial charge in [0, 0.05) is 11.8 Å². The Labute approximate surface area is 130 Å². The molecule has 0 amide bonds. The van der Waals surface area contributed by atoms with Gasteiger partial charge in [0.2, 0.25) is 0 Å². The summed E-state index contributed by atoms with van der Waals surface area (Å²) < 4.78 is 0. The van der Waals surface area contributed by atoms with Crippen LogP contribution in [0.1, 0.15) is 41.9 Å². The average Bonchev–Trinajstić information content (AvgIpc) is 2.82. The van der Waals surface area contributed by atoms with Crippen molar-refractivity contribution in [3.63, 3.8) is 0 Å². The van der Waals surface area contributed by atoms with Gasteiger partial charge in [-0.2, -0.15) is 0 Å². The smallest absolute Gasteiger partial charge is 0.116 e. The topological polar surface area (TPSA) is 38.9 Å². The number of thiocarbonyl (C=S) groups is 1. The molecule has 0 fully saturated rings. The van der Waals surface area contributed by atoms with Crippen LogP contribution in [0, 0.1) is 0 Å². The minimum absolute atomic E-state index is 0.0275. The molecule has 1 aromatic heterocycles. The van der Waals surface area contributed by atoms with Crippen molar-refractivity contribution in [3.8, 4) is 0 Å². The van der Waals surface area contributed by atoms with Crippen LogP contribution >= 0.6 is 23.6 Å². The van der Waals surface area contributed by atoms with Crippen LogP contribution in [0.4, 0.5) is 0 Å². The first-order chi connectivity index (χ1) is 9.38. The molecule has 106 valence electrons. The van der Waals surface area contributed by atoms with Gasteiger partial charge in [-0.25, -0.2) is 4.98 Å². The lowest BCUT2D eigenvalue weighted by molar-refractivity contribution is 0.570. The number of nitrogens with two attached hydrogens (primary N) is 1.